The summed E-state index contributed by atoms with van der Waals surface area (Å²) >= 11 is 0. The molecule has 1 aliphatic rings. The van der Waals surface area contributed by atoms with Crippen LogP contribution in [0.2, 0.25) is 0 Å². The summed E-state index contributed by atoms with van der Waals surface area (Å²) in [5.74, 6) is -0.163. The van der Waals surface area contributed by atoms with Crippen molar-refractivity contribution in [1.29, 1.82) is 0 Å². The largest absolute Gasteiger partial charge is 0.495 e. The Bertz CT molecular complexity index is 1180. The van der Waals surface area contributed by atoms with Crippen LogP contribution in [0.1, 0.15) is 23.1 Å². The van der Waals surface area contributed by atoms with Crippen molar-refractivity contribution in [2.45, 2.75) is 30.6 Å². The number of hydrogen-bond acceptors (Lipinski definition) is 5. The van der Waals surface area contributed by atoms with E-state index < -0.39 is 10.0 Å². The molecule has 0 fully saturated rings. The summed E-state index contributed by atoms with van der Waals surface area (Å²) in [6.07, 6.45) is 4.96. The van der Waals surface area contributed by atoms with Crippen LogP contribution in [0, 0.1) is 0 Å². The Morgan fingerprint density at radius 3 is 2.68 bits per heavy atom. The summed E-state index contributed by atoms with van der Waals surface area (Å²) in [5.41, 5.74) is 4.52. The molecule has 1 aliphatic carbocycles. The van der Waals surface area contributed by atoms with Crippen molar-refractivity contribution in [1.82, 2.24) is 0 Å². The summed E-state index contributed by atoms with van der Waals surface area (Å²) in [4.78, 5) is 12.3. The molecule has 0 saturated heterocycles. The van der Waals surface area contributed by atoms with Gasteiger partial charge in [0.25, 0.3) is 0 Å². The molecule has 0 spiro atoms. The Kier molecular flexibility index (Phi) is 4.60. The van der Waals surface area contributed by atoms with E-state index in [2.05, 4.69) is 17.4 Å². The first-order chi connectivity index (χ1) is 13.3. The van der Waals surface area contributed by atoms with Gasteiger partial charge in [0.1, 0.15) is 16.2 Å². The lowest BCUT2D eigenvalue weighted by atomic mass is 10.0. The number of ether oxygens (including phenoxy) is 1. The summed E-state index contributed by atoms with van der Waals surface area (Å²) in [7, 11) is -2.63. The number of hydrogen-bond donors (Lipinski definition) is 2. The van der Waals surface area contributed by atoms with Crippen molar-refractivity contribution in [3.05, 3.63) is 53.3 Å². The highest BCUT2D eigenvalue weighted by Crippen LogP contribution is 2.31. The first kappa shape index (κ1) is 18.5. The molecule has 3 N–H and O–H groups in total. The predicted octanol–water partition coefficient (Wildman–Crippen LogP) is 2.76. The van der Waals surface area contributed by atoms with E-state index in [-0.39, 0.29) is 23.0 Å². The fraction of sp³-hybridized carbons (Fsp3) is 0.250. The molecule has 0 bridgehead atoms. The standard InChI is InChI=1S/C20H20N2O5S/c1-26-17-6-5-15(10-19(17)28(21,24)25)22-20(23)9-14-11-27-18-8-13-4-2-3-12(13)7-16(14)18/h5-8,10-11H,2-4,9H2,1H3,(H,22,23)(H2,21,24,25). The van der Waals surface area contributed by atoms with Gasteiger partial charge in [-0.3, -0.25) is 4.79 Å². The monoisotopic (exact) mass is 400 g/mol. The fourth-order valence-electron chi connectivity index (χ4n) is 3.64. The van der Waals surface area contributed by atoms with Gasteiger partial charge in [0.05, 0.1) is 19.8 Å². The lowest BCUT2D eigenvalue weighted by molar-refractivity contribution is -0.115. The number of carbonyl (C=O) groups is 1. The van der Waals surface area contributed by atoms with Crippen molar-refractivity contribution in [3.63, 3.8) is 0 Å². The number of nitrogens with one attached hydrogen (secondary N) is 1. The normalized spacial score (nSPS) is 13.5. The van der Waals surface area contributed by atoms with Gasteiger partial charge in [-0.25, -0.2) is 13.6 Å². The first-order valence-electron chi connectivity index (χ1n) is 8.88. The summed E-state index contributed by atoms with van der Waals surface area (Å²) in [6.45, 7) is 0. The number of anilines is 1. The summed E-state index contributed by atoms with van der Waals surface area (Å²) in [6, 6.07) is 8.46. The lowest BCUT2D eigenvalue weighted by Crippen LogP contribution is -2.17. The molecule has 146 valence electrons. The first-order valence-corrected chi connectivity index (χ1v) is 10.4. The maximum absolute atomic E-state index is 12.5. The van der Waals surface area contributed by atoms with E-state index >= 15 is 0 Å². The number of amides is 1. The minimum Gasteiger partial charge on any atom is -0.495 e. The Morgan fingerprint density at radius 1 is 1.21 bits per heavy atom. The van der Waals surface area contributed by atoms with Crippen molar-refractivity contribution >= 4 is 32.6 Å². The number of rotatable bonds is 5. The van der Waals surface area contributed by atoms with Crippen molar-refractivity contribution in [2.75, 3.05) is 12.4 Å². The van der Waals surface area contributed by atoms with Crippen LogP contribution in [0.5, 0.6) is 5.75 Å². The molecule has 0 radical (unpaired) electrons. The number of benzene rings is 2. The third-order valence-electron chi connectivity index (χ3n) is 4.97. The molecular formula is C20H20N2O5S. The molecule has 0 saturated carbocycles. The topological polar surface area (TPSA) is 112 Å². The average Bonchev–Trinajstić information content (AvgIpc) is 3.25. The van der Waals surface area contributed by atoms with Gasteiger partial charge in [-0.2, -0.15) is 0 Å². The highest BCUT2D eigenvalue weighted by Gasteiger charge is 2.19. The second-order valence-electron chi connectivity index (χ2n) is 6.87. The zero-order valence-electron chi connectivity index (χ0n) is 15.3. The molecule has 1 heterocycles. The predicted molar refractivity (Wildman–Crippen MR) is 105 cm³/mol. The van der Waals surface area contributed by atoms with E-state index in [9.17, 15) is 13.2 Å². The summed E-state index contributed by atoms with van der Waals surface area (Å²) < 4.78 is 34.1. The Labute approximate surface area is 162 Å². The van der Waals surface area contributed by atoms with Crippen molar-refractivity contribution < 1.29 is 22.4 Å². The van der Waals surface area contributed by atoms with E-state index in [4.69, 9.17) is 14.3 Å². The Morgan fingerprint density at radius 2 is 1.96 bits per heavy atom. The third-order valence-corrected chi connectivity index (χ3v) is 5.91. The van der Waals surface area contributed by atoms with Crippen LogP contribution in [-0.4, -0.2) is 21.4 Å². The number of primary sulfonamides is 1. The molecule has 8 heteroatoms. The van der Waals surface area contributed by atoms with Gasteiger partial charge in [0.2, 0.25) is 15.9 Å². The number of sulfonamides is 1. The number of furan rings is 1. The lowest BCUT2D eigenvalue weighted by Gasteiger charge is -2.10. The van der Waals surface area contributed by atoms with Crippen LogP contribution in [0.15, 0.2) is 45.9 Å². The number of nitrogens with two attached hydrogens (primary N) is 1. The van der Waals surface area contributed by atoms with Gasteiger partial charge >= 0.3 is 0 Å². The van der Waals surface area contributed by atoms with Crippen LogP contribution in [0.4, 0.5) is 5.69 Å². The van der Waals surface area contributed by atoms with Gasteiger partial charge in [-0.1, -0.05) is 0 Å². The number of carbonyl (C=O) groups excluding carboxylic acids is 1. The molecule has 0 unspecified atom stereocenters. The van der Waals surface area contributed by atoms with Gasteiger partial charge < -0.3 is 14.5 Å². The number of methoxy groups -OCH3 is 1. The minimum atomic E-state index is -3.98. The van der Waals surface area contributed by atoms with Crippen LogP contribution in [-0.2, 0) is 34.1 Å². The van der Waals surface area contributed by atoms with Crippen molar-refractivity contribution in [3.8, 4) is 5.75 Å². The molecule has 3 aromatic rings. The molecule has 2 aromatic carbocycles. The van der Waals surface area contributed by atoms with Gasteiger partial charge in [0, 0.05) is 16.6 Å². The molecule has 0 atom stereocenters. The van der Waals surface area contributed by atoms with Gasteiger partial charge in [-0.05, 0) is 60.7 Å². The average molecular weight is 400 g/mol. The molecular weight excluding hydrogens is 380 g/mol. The highest BCUT2D eigenvalue weighted by atomic mass is 32.2. The molecule has 7 nitrogen and oxygen atoms in total. The second kappa shape index (κ2) is 6.96. The fourth-order valence-corrected chi connectivity index (χ4v) is 4.36. The van der Waals surface area contributed by atoms with Gasteiger partial charge in [-0.15, -0.1) is 0 Å². The van der Waals surface area contributed by atoms with E-state index in [1.54, 1.807) is 12.3 Å². The van der Waals surface area contributed by atoms with E-state index in [1.807, 2.05) is 0 Å². The summed E-state index contributed by atoms with van der Waals surface area (Å²) in [5, 5.41) is 8.86. The van der Waals surface area contributed by atoms with Crippen LogP contribution in [0.25, 0.3) is 11.0 Å². The van der Waals surface area contributed by atoms with E-state index in [0.717, 1.165) is 35.8 Å². The maximum atomic E-state index is 12.5. The zero-order valence-corrected chi connectivity index (χ0v) is 16.1. The van der Waals surface area contributed by atoms with E-state index in [0.29, 0.717) is 5.69 Å². The minimum absolute atomic E-state index is 0.114. The molecule has 1 amide bonds. The Hall–Kier alpha value is -2.84. The third kappa shape index (κ3) is 3.48. The molecule has 0 aliphatic heterocycles. The van der Waals surface area contributed by atoms with Crippen LogP contribution in [0.3, 0.4) is 0 Å². The maximum Gasteiger partial charge on any atom is 0.241 e. The molecule has 1 aromatic heterocycles. The van der Waals surface area contributed by atoms with Crippen LogP contribution < -0.4 is 15.2 Å². The Balaban J connectivity index is 1.56. The SMILES string of the molecule is COc1ccc(NC(=O)Cc2coc3cc4c(cc23)CCC4)cc1S(N)(=O)=O. The van der Waals surface area contributed by atoms with Gasteiger partial charge in [0.15, 0.2) is 0 Å². The molecule has 28 heavy (non-hydrogen) atoms. The molecule has 4 rings (SSSR count). The van der Waals surface area contributed by atoms with E-state index in [1.165, 1.54) is 30.4 Å². The van der Waals surface area contributed by atoms with Crippen molar-refractivity contribution in [2.24, 2.45) is 5.14 Å². The zero-order chi connectivity index (χ0) is 19.9. The highest BCUT2D eigenvalue weighted by molar-refractivity contribution is 7.89. The smallest absolute Gasteiger partial charge is 0.241 e. The van der Waals surface area contributed by atoms with Crippen LogP contribution >= 0.6 is 0 Å². The number of fused-ring (bicyclic) bond motifs is 2. The number of aryl methyl sites for hydroxylation is 2. The quantitative estimate of drug-likeness (QED) is 0.684. The second-order valence-corrected chi connectivity index (χ2v) is 8.40.